The monoisotopic (exact) mass is 495 g/mol. The number of Topliss-reactive ketones (excluding diaryl/α,β-unsaturated/α-hetero) is 1. The van der Waals surface area contributed by atoms with E-state index >= 15 is 0 Å². The first-order valence-corrected chi connectivity index (χ1v) is 13.3. The van der Waals surface area contributed by atoms with Crippen molar-refractivity contribution in [2.75, 3.05) is 39.0 Å². The number of hydrogen-bond donors (Lipinski definition) is 1. The number of nitrogens with zero attached hydrogens (tertiary/aromatic N) is 2. The number of nitrogens with one attached hydrogen (secondary N) is 1. The highest BCUT2D eigenvalue weighted by molar-refractivity contribution is 7.89. The molecule has 180 valence electrons. The van der Waals surface area contributed by atoms with Crippen LogP contribution in [0.2, 0.25) is 0 Å². The fourth-order valence-electron chi connectivity index (χ4n) is 3.55. The first kappa shape index (κ1) is 25.3. The second-order valence-electron chi connectivity index (χ2n) is 8.20. The molecule has 1 saturated heterocycles. The molecule has 1 aliphatic rings. The number of benzene rings is 2. The second-order valence-corrected chi connectivity index (χ2v) is 12.3. The Balaban J connectivity index is 1.67. The van der Waals surface area contributed by atoms with Crippen molar-refractivity contribution in [2.24, 2.45) is 0 Å². The zero-order valence-electron chi connectivity index (χ0n) is 19.1. The van der Waals surface area contributed by atoms with E-state index in [0.29, 0.717) is 18.8 Å². The van der Waals surface area contributed by atoms with Gasteiger partial charge in [0, 0.05) is 38.4 Å². The van der Waals surface area contributed by atoms with Crippen LogP contribution >= 0.6 is 0 Å². The van der Waals surface area contributed by atoms with E-state index in [-0.39, 0.29) is 39.9 Å². The molecule has 11 heteroatoms. The number of ketones is 1. The summed E-state index contributed by atoms with van der Waals surface area (Å²) in [6.07, 6.45) is -0.358. The van der Waals surface area contributed by atoms with Crippen LogP contribution in [0.15, 0.2) is 58.3 Å². The Hall–Kier alpha value is -2.31. The minimum Gasteiger partial charge on any atom is -0.378 e. The average molecular weight is 496 g/mol. The van der Waals surface area contributed by atoms with E-state index in [1.54, 1.807) is 18.2 Å². The lowest BCUT2D eigenvalue weighted by molar-refractivity contribution is -0.0440. The SMILES string of the molecule is CC1CN(S(=O)(=O)c2ccc(NCC(=O)c3cccc(S(=O)(=O)N(C)C)c3)cc2)CC(C)O1. The highest BCUT2D eigenvalue weighted by Gasteiger charge is 2.32. The van der Waals surface area contributed by atoms with E-state index in [4.69, 9.17) is 4.74 Å². The van der Waals surface area contributed by atoms with E-state index in [2.05, 4.69) is 5.32 Å². The molecule has 2 aromatic carbocycles. The minimum atomic E-state index is -3.65. The number of hydrogen-bond acceptors (Lipinski definition) is 7. The van der Waals surface area contributed by atoms with Gasteiger partial charge in [0.25, 0.3) is 0 Å². The molecular weight excluding hydrogens is 466 g/mol. The summed E-state index contributed by atoms with van der Waals surface area (Å²) in [4.78, 5) is 12.8. The molecule has 1 heterocycles. The van der Waals surface area contributed by atoms with Gasteiger partial charge in [-0.25, -0.2) is 21.1 Å². The van der Waals surface area contributed by atoms with Crippen molar-refractivity contribution in [1.29, 1.82) is 0 Å². The van der Waals surface area contributed by atoms with Crippen LogP contribution in [0, 0.1) is 0 Å². The average Bonchev–Trinajstić information content (AvgIpc) is 2.77. The summed E-state index contributed by atoms with van der Waals surface area (Å²) in [6, 6.07) is 12.1. The summed E-state index contributed by atoms with van der Waals surface area (Å²) in [7, 11) is -4.44. The number of morpholine rings is 1. The van der Waals surface area contributed by atoms with E-state index in [1.165, 1.54) is 48.7 Å². The molecule has 0 bridgehead atoms. The molecule has 0 saturated carbocycles. The van der Waals surface area contributed by atoms with Crippen LogP contribution in [0.25, 0.3) is 0 Å². The Bertz CT molecular complexity index is 1200. The highest BCUT2D eigenvalue weighted by atomic mass is 32.2. The fourth-order valence-corrected chi connectivity index (χ4v) is 6.08. The van der Waals surface area contributed by atoms with Crippen LogP contribution in [0.3, 0.4) is 0 Å². The topological polar surface area (TPSA) is 113 Å². The molecule has 2 aromatic rings. The minimum absolute atomic E-state index is 0.0414. The van der Waals surface area contributed by atoms with Gasteiger partial charge in [0.05, 0.1) is 28.5 Å². The van der Waals surface area contributed by atoms with E-state index < -0.39 is 20.0 Å². The Morgan fingerprint density at radius 3 is 2.18 bits per heavy atom. The summed E-state index contributed by atoms with van der Waals surface area (Å²) >= 11 is 0. The summed E-state index contributed by atoms with van der Waals surface area (Å²) in [6.45, 7) is 4.20. The lowest BCUT2D eigenvalue weighted by Crippen LogP contribution is -2.48. The number of carbonyl (C=O) groups excluding carboxylic acids is 1. The zero-order chi connectivity index (χ0) is 24.4. The normalized spacial score (nSPS) is 20.0. The van der Waals surface area contributed by atoms with Gasteiger partial charge in [-0.3, -0.25) is 4.79 Å². The van der Waals surface area contributed by atoms with Gasteiger partial charge in [-0.15, -0.1) is 0 Å². The molecule has 9 nitrogen and oxygen atoms in total. The maximum Gasteiger partial charge on any atom is 0.243 e. The van der Waals surface area contributed by atoms with Gasteiger partial charge in [-0.05, 0) is 50.2 Å². The summed E-state index contributed by atoms with van der Waals surface area (Å²) < 4.78 is 58.6. The van der Waals surface area contributed by atoms with Crippen molar-refractivity contribution in [3.63, 3.8) is 0 Å². The number of ether oxygens (including phenoxy) is 1. The van der Waals surface area contributed by atoms with Gasteiger partial charge in [-0.2, -0.15) is 4.31 Å². The zero-order valence-corrected chi connectivity index (χ0v) is 20.7. The lowest BCUT2D eigenvalue weighted by Gasteiger charge is -2.34. The fraction of sp³-hybridized carbons (Fsp3) is 0.409. The first-order valence-electron chi connectivity index (χ1n) is 10.5. The maximum absolute atomic E-state index is 12.9. The third kappa shape index (κ3) is 5.79. The van der Waals surface area contributed by atoms with Gasteiger partial charge in [0.15, 0.2) is 5.78 Å². The van der Waals surface area contributed by atoms with Crippen molar-refractivity contribution < 1.29 is 26.4 Å². The quantitative estimate of drug-likeness (QED) is 0.558. The molecular formula is C22H29N3O6S2. The smallest absolute Gasteiger partial charge is 0.243 e. The Kier molecular flexibility index (Phi) is 7.59. The molecule has 2 atom stereocenters. The van der Waals surface area contributed by atoms with E-state index in [9.17, 15) is 21.6 Å². The summed E-state index contributed by atoms with van der Waals surface area (Å²) in [5, 5.41) is 2.96. The highest BCUT2D eigenvalue weighted by Crippen LogP contribution is 2.22. The Morgan fingerprint density at radius 1 is 1.00 bits per heavy atom. The van der Waals surface area contributed by atoms with Crippen molar-refractivity contribution in [3.05, 3.63) is 54.1 Å². The number of carbonyl (C=O) groups is 1. The maximum atomic E-state index is 12.9. The third-order valence-electron chi connectivity index (χ3n) is 5.27. The predicted molar refractivity (Wildman–Crippen MR) is 125 cm³/mol. The molecule has 0 amide bonds. The second kappa shape index (κ2) is 9.90. The van der Waals surface area contributed by atoms with Crippen LogP contribution in [-0.2, 0) is 24.8 Å². The first-order chi connectivity index (χ1) is 15.4. The molecule has 3 rings (SSSR count). The molecule has 1 aliphatic heterocycles. The molecule has 0 spiro atoms. The van der Waals surface area contributed by atoms with E-state index in [1.807, 2.05) is 13.8 Å². The van der Waals surface area contributed by atoms with Crippen LogP contribution in [0.5, 0.6) is 0 Å². The van der Waals surface area contributed by atoms with Gasteiger partial charge in [-0.1, -0.05) is 12.1 Å². The Morgan fingerprint density at radius 2 is 1.61 bits per heavy atom. The molecule has 0 radical (unpaired) electrons. The van der Waals surface area contributed by atoms with Crippen LogP contribution in [0.4, 0.5) is 5.69 Å². The van der Waals surface area contributed by atoms with Crippen LogP contribution in [0.1, 0.15) is 24.2 Å². The number of rotatable bonds is 8. The van der Waals surface area contributed by atoms with Crippen molar-refractivity contribution in [1.82, 2.24) is 8.61 Å². The number of anilines is 1. The summed E-state index contributed by atoms with van der Waals surface area (Å²) in [5.41, 5.74) is 0.836. The molecule has 0 aromatic heterocycles. The Labute approximate surface area is 195 Å². The molecule has 1 N–H and O–H groups in total. The third-order valence-corrected chi connectivity index (χ3v) is 8.92. The molecule has 0 aliphatic carbocycles. The van der Waals surface area contributed by atoms with Gasteiger partial charge >= 0.3 is 0 Å². The molecule has 33 heavy (non-hydrogen) atoms. The van der Waals surface area contributed by atoms with Gasteiger partial charge < -0.3 is 10.1 Å². The van der Waals surface area contributed by atoms with Crippen LogP contribution < -0.4 is 5.32 Å². The predicted octanol–water partition coefficient (Wildman–Crippen LogP) is 2.03. The number of sulfonamides is 2. The lowest BCUT2D eigenvalue weighted by atomic mass is 10.1. The van der Waals surface area contributed by atoms with Gasteiger partial charge in [0.2, 0.25) is 20.0 Å². The molecule has 2 unspecified atom stereocenters. The molecule has 1 fully saturated rings. The largest absolute Gasteiger partial charge is 0.378 e. The standard InChI is InChI=1S/C22H29N3O6S2/c1-16-14-25(15-17(2)31-16)33(29,30)20-10-8-19(9-11-20)23-13-22(26)18-6-5-7-21(12-18)32(27,28)24(3)4/h5-12,16-17,23H,13-15H2,1-4H3. The van der Waals surface area contributed by atoms with Crippen LogP contribution in [-0.4, -0.2) is 77.2 Å². The summed E-state index contributed by atoms with van der Waals surface area (Å²) in [5.74, 6) is -0.293. The van der Waals surface area contributed by atoms with Crippen molar-refractivity contribution in [2.45, 2.75) is 35.8 Å². The van der Waals surface area contributed by atoms with Crippen molar-refractivity contribution in [3.8, 4) is 0 Å². The van der Waals surface area contributed by atoms with E-state index in [0.717, 1.165) is 4.31 Å². The van der Waals surface area contributed by atoms with Crippen molar-refractivity contribution >= 4 is 31.5 Å². The van der Waals surface area contributed by atoms with Gasteiger partial charge in [0.1, 0.15) is 0 Å².